The Kier molecular flexibility index (Phi) is 4.84. The van der Waals surface area contributed by atoms with Crippen molar-refractivity contribution in [2.24, 2.45) is 45.8 Å². The van der Waals surface area contributed by atoms with Gasteiger partial charge in [0.1, 0.15) is 5.60 Å². The van der Waals surface area contributed by atoms with E-state index in [4.69, 9.17) is 9.47 Å². The maximum absolute atomic E-state index is 12.2. The number of ether oxygens (including phenoxy) is 2. The summed E-state index contributed by atoms with van der Waals surface area (Å²) in [6.45, 7) is 15.6. The Hall–Kier alpha value is -0.200. The van der Waals surface area contributed by atoms with E-state index in [0.29, 0.717) is 24.2 Å². The number of hydrogen-bond donors (Lipinski definition) is 3. The minimum Gasteiger partial charge on any atom is -0.393 e. The van der Waals surface area contributed by atoms with E-state index in [-0.39, 0.29) is 52.0 Å². The first kappa shape index (κ1) is 24.2. The molecular weight excluding hydrogens is 428 g/mol. The van der Waals surface area contributed by atoms with Crippen LogP contribution in [0.1, 0.15) is 99.8 Å². The van der Waals surface area contributed by atoms with Crippen molar-refractivity contribution < 1.29 is 24.8 Å². The molecule has 13 atom stereocenters. The molecule has 0 radical (unpaired) electrons. The highest BCUT2D eigenvalue weighted by Gasteiger charge is 2.78. The smallest absolute Gasteiger partial charge is 0.198 e. The molecule has 34 heavy (non-hydrogen) atoms. The van der Waals surface area contributed by atoms with Gasteiger partial charge in [0.05, 0.1) is 23.9 Å². The molecule has 194 valence electrons. The fourth-order valence-corrected chi connectivity index (χ4v) is 11.4. The molecule has 2 saturated heterocycles. The summed E-state index contributed by atoms with van der Waals surface area (Å²) in [7, 11) is 0. The SMILES string of the molecule is C[C@H]1C[C@]2(O[C@H]3C[C@H]4[C@]5(C)CC[C@H]6C[C@H](O)CC[C@]6(C)[C@H]5[C@@H](O)C[C@]4(C)[C@H]3[C@@]2(C)O)OC1(C)C. The van der Waals surface area contributed by atoms with Gasteiger partial charge in [-0.3, -0.25) is 0 Å². The van der Waals surface area contributed by atoms with Crippen LogP contribution in [0, 0.1) is 45.8 Å². The average Bonchev–Trinajstić information content (AvgIpc) is 3.21. The highest BCUT2D eigenvalue weighted by Crippen LogP contribution is 2.76. The highest BCUT2D eigenvalue weighted by atomic mass is 16.7. The summed E-state index contributed by atoms with van der Waals surface area (Å²) in [5.74, 6) is 0.444. The van der Waals surface area contributed by atoms with Crippen molar-refractivity contribution >= 4 is 0 Å². The monoisotopic (exact) mass is 476 g/mol. The Labute approximate surface area is 206 Å². The summed E-state index contributed by atoms with van der Waals surface area (Å²) in [6, 6.07) is 0. The van der Waals surface area contributed by atoms with Crippen LogP contribution in [-0.2, 0) is 9.47 Å². The number of aliphatic hydroxyl groups excluding tert-OH is 2. The van der Waals surface area contributed by atoms with Crippen LogP contribution in [0.3, 0.4) is 0 Å². The van der Waals surface area contributed by atoms with Crippen molar-refractivity contribution in [3.05, 3.63) is 0 Å². The van der Waals surface area contributed by atoms with Crippen LogP contribution in [0.4, 0.5) is 0 Å². The quantitative estimate of drug-likeness (QED) is 0.474. The number of rotatable bonds is 0. The summed E-state index contributed by atoms with van der Waals surface area (Å²) < 4.78 is 13.4. The van der Waals surface area contributed by atoms with Crippen LogP contribution >= 0.6 is 0 Å². The second-order valence-corrected chi connectivity index (χ2v) is 15.1. The van der Waals surface area contributed by atoms with Gasteiger partial charge < -0.3 is 24.8 Å². The molecule has 4 aliphatic carbocycles. The van der Waals surface area contributed by atoms with Crippen molar-refractivity contribution in [2.75, 3.05) is 0 Å². The number of hydrogen-bond acceptors (Lipinski definition) is 5. The summed E-state index contributed by atoms with van der Waals surface area (Å²) in [5.41, 5.74) is -1.53. The molecule has 5 nitrogen and oxygen atoms in total. The Morgan fingerprint density at radius 1 is 0.794 bits per heavy atom. The fraction of sp³-hybridized carbons (Fsp3) is 1.00. The number of aliphatic hydroxyl groups is 3. The molecule has 0 aromatic rings. The molecule has 0 unspecified atom stereocenters. The fourth-order valence-electron chi connectivity index (χ4n) is 11.4. The van der Waals surface area contributed by atoms with Gasteiger partial charge >= 0.3 is 0 Å². The molecule has 0 aromatic carbocycles. The van der Waals surface area contributed by atoms with Crippen molar-refractivity contribution in [1.82, 2.24) is 0 Å². The van der Waals surface area contributed by atoms with Crippen LogP contribution < -0.4 is 0 Å². The van der Waals surface area contributed by atoms with Crippen LogP contribution in [0.25, 0.3) is 0 Å². The van der Waals surface area contributed by atoms with Gasteiger partial charge in [-0.1, -0.05) is 27.7 Å². The van der Waals surface area contributed by atoms with Crippen molar-refractivity contribution in [3.8, 4) is 0 Å². The first-order chi connectivity index (χ1) is 15.6. The molecule has 0 bridgehead atoms. The predicted octanol–water partition coefficient (Wildman–Crippen LogP) is 4.66. The first-order valence-electron chi connectivity index (χ1n) is 14.1. The molecule has 6 rings (SSSR count). The van der Waals surface area contributed by atoms with Gasteiger partial charge in [-0.25, -0.2) is 0 Å². The van der Waals surface area contributed by atoms with E-state index in [2.05, 4.69) is 41.5 Å². The second-order valence-electron chi connectivity index (χ2n) is 15.1. The Morgan fingerprint density at radius 2 is 1.47 bits per heavy atom. The second kappa shape index (κ2) is 6.81. The lowest BCUT2D eigenvalue weighted by atomic mass is 9.38. The third-order valence-electron chi connectivity index (χ3n) is 13.0. The molecule has 6 aliphatic rings. The van der Waals surface area contributed by atoms with E-state index < -0.39 is 11.4 Å². The molecule has 5 heteroatoms. The van der Waals surface area contributed by atoms with Crippen molar-refractivity contribution in [1.29, 1.82) is 0 Å². The van der Waals surface area contributed by atoms with Crippen molar-refractivity contribution in [2.45, 2.75) is 135 Å². The van der Waals surface area contributed by atoms with Gasteiger partial charge in [-0.15, -0.1) is 0 Å². The van der Waals surface area contributed by atoms with Crippen LogP contribution in [0.2, 0.25) is 0 Å². The summed E-state index contributed by atoms with van der Waals surface area (Å²) in [4.78, 5) is 0. The molecule has 1 spiro atoms. The largest absolute Gasteiger partial charge is 0.393 e. The molecule has 0 aromatic heterocycles. The van der Waals surface area contributed by atoms with Crippen LogP contribution in [0.5, 0.6) is 0 Å². The Bertz CT molecular complexity index is 871. The molecule has 3 N–H and O–H groups in total. The standard InChI is InChI=1S/C29H48O5/c1-16-14-29(34-24(16,2)3)28(7,32)23-20(33-29)13-21-26(5)10-8-17-12-18(30)9-11-25(17,4)22(26)19(31)15-27(21,23)6/h16-23,30-32H,8-15H2,1-7H3/t16-,17-,18+,19-,20-,21-,22+,23-,25-,26-,27-,28+,29-/m0/s1. The Balaban J connectivity index is 1.37. The minimum absolute atomic E-state index is 0.0139. The minimum atomic E-state index is -1.10. The van der Waals surface area contributed by atoms with Gasteiger partial charge in [-0.05, 0) is 106 Å². The van der Waals surface area contributed by atoms with Gasteiger partial charge in [0, 0.05) is 12.3 Å². The zero-order chi connectivity index (χ0) is 24.7. The molecule has 4 saturated carbocycles. The lowest BCUT2D eigenvalue weighted by molar-refractivity contribution is -0.303. The van der Waals surface area contributed by atoms with E-state index in [1.807, 2.05) is 6.92 Å². The lowest BCUT2D eigenvalue weighted by Gasteiger charge is -2.67. The van der Waals surface area contributed by atoms with Gasteiger partial charge in [0.25, 0.3) is 0 Å². The van der Waals surface area contributed by atoms with Crippen LogP contribution in [0.15, 0.2) is 0 Å². The van der Waals surface area contributed by atoms with Gasteiger partial charge in [-0.2, -0.15) is 0 Å². The molecule has 0 amide bonds. The van der Waals surface area contributed by atoms with E-state index in [9.17, 15) is 15.3 Å². The first-order valence-corrected chi connectivity index (χ1v) is 14.1. The van der Waals surface area contributed by atoms with Gasteiger partial charge in [0.15, 0.2) is 5.79 Å². The zero-order valence-electron chi connectivity index (χ0n) is 22.4. The van der Waals surface area contributed by atoms with Crippen LogP contribution in [-0.4, -0.2) is 50.6 Å². The number of fused-ring (bicyclic) bond motifs is 7. The summed E-state index contributed by atoms with van der Waals surface area (Å²) in [5, 5.41) is 34.5. The van der Waals surface area contributed by atoms with E-state index in [0.717, 1.165) is 44.9 Å². The molecule has 6 fully saturated rings. The third-order valence-corrected chi connectivity index (χ3v) is 13.0. The molecule has 2 heterocycles. The normalized spacial score (nSPS) is 64.4. The summed E-state index contributed by atoms with van der Waals surface area (Å²) in [6.07, 6.45) is 6.74. The maximum atomic E-state index is 12.2. The van der Waals surface area contributed by atoms with Gasteiger partial charge in [0.2, 0.25) is 0 Å². The highest BCUT2D eigenvalue weighted by molar-refractivity contribution is 5.24. The topological polar surface area (TPSA) is 79.2 Å². The average molecular weight is 477 g/mol. The molecular formula is C29H48O5. The summed E-state index contributed by atoms with van der Waals surface area (Å²) >= 11 is 0. The lowest BCUT2D eigenvalue weighted by Crippen LogP contribution is -2.65. The van der Waals surface area contributed by atoms with E-state index in [1.165, 1.54) is 0 Å². The van der Waals surface area contributed by atoms with Crippen molar-refractivity contribution in [3.63, 3.8) is 0 Å². The predicted molar refractivity (Wildman–Crippen MR) is 130 cm³/mol. The van der Waals surface area contributed by atoms with E-state index in [1.54, 1.807) is 0 Å². The zero-order valence-corrected chi connectivity index (χ0v) is 22.4. The Morgan fingerprint density at radius 3 is 2.12 bits per heavy atom. The van der Waals surface area contributed by atoms with E-state index >= 15 is 0 Å². The maximum Gasteiger partial charge on any atom is 0.198 e. The third kappa shape index (κ3) is 2.69. The molecule has 2 aliphatic heterocycles.